The van der Waals surface area contributed by atoms with Crippen LogP contribution in [0, 0.1) is 0 Å². The Morgan fingerprint density at radius 1 is 1.09 bits per heavy atom. The number of esters is 1. The number of hydrogen-bond acceptors (Lipinski definition) is 7. The van der Waals surface area contributed by atoms with E-state index in [0.29, 0.717) is 0 Å². The van der Waals surface area contributed by atoms with Crippen molar-refractivity contribution in [3.05, 3.63) is 83.1 Å². The number of nitrogens with one attached hydrogen (secondary N) is 1. The molecular formula is C23H22ClN3O6S. The summed E-state index contributed by atoms with van der Waals surface area (Å²) in [6, 6.07) is 16.1. The molecule has 34 heavy (non-hydrogen) atoms. The maximum atomic E-state index is 13.2. The van der Waals surface area contributed by atoms with E-state index < -0.39 is 28.5 Å². The Morgan fingerprint density at radius 2 is 1.82 bits per heavy atom. The van der Waals surface area contributed by atoms with E-state index in [9.17, 15) is 18.0 Å². The first kappa shape index (κ1) is 25.2. The van der Waals surface area contributed by atoms with E-state index in [1.807, 2.05) is 18.2 Å². The number of aromatic nitrogens is 1. The van der Waals surface area contributed by atoms with Gasteiger partial charge in [0, 0.05) is 19.8 Å². The molecule has 11 heteroatoms. The molecule has 0 unspecified atom stereocenters. The molecule has 1 heterocycles. The third-order valence-electron chi connectivity index (χ3n) is 4.70. The lowest BCUT2D eigenvalue weighted by Gasteiger charge is -2.19. The summed E-state index contributed by atoms with van der Waals surface area (Å²) in [6.07, 6.45) is 1.46. The minimum atomic E-state index is -4.01. The molecule has 0 atom stereocenters. The van der Waals surface area contributed by atoms with Crippen LogP contribution < -0.4 is 10.1 Å². The highest BCUT2D eigenvalue weighted by molar-refractivity contribution is 7.89. The molecule has 3 rings (SSSR count). The van der Waals surface area contributed by atoms with Gasteiger partial charge in [-0.15, -0.1) is 0 Å². The Bertz CT molecular complexity index is 1280. The molecule has 0 bridgehead atoms. The topological polar surface area (TPSA) is 115 Å². The monoisotopic (exact) mass is 503 g/mol. The summed E-state index contributed by atoms with van der Waals surface area (Å²) in [5, 5.41) is 2.57. The van der Waals surface area contributed by atoms with Crippen LogP contribution in [0.25, 0.3) is 0 Å². The zero-order valence-corrected chi connectivity index (χ0v) is 20.0. The maximum Gasteiger partial charge on any atom is 0.338 e. The average molecular weight is 504 g/mol. The highest BCUT2D eigenvalue weighted by Crippen LogP contribution is 2.28. The van der Waals surface area contributed by atoms with Crippen molar-refractivity contribution in [2.24, 2.45) is 0 Å². The number of amides is 1. The number of anilines is 1. The van der Waals surface area contributed by atoms with Gasteiger partial charge in [-0.25, -0.2) is 18.2 Å². The lowest BCUT2D eigenvalue weighted by Crippen LogP contribution is -2.27. The lowest BCUT2D eigenvalue weighted by atomic mass is 10.2. The van der Waals surface area contributed by atoms with Crippen molar-refractivity contribution in [3.8, 4) is 5.75 Å². The molecule has 2 aromatic carbocycles. The van der Waals surface area contributed by atoms with Gasteiger partial charge in [-0.05, 0) is 35.9 Å². The van der Waals surface area contributed by atoms with E-state index in [2.05, 4.69) is 10.3 Å². The number of methoxy groups -OCH3 is 1. The molecule has 1 amide bonds. The van der Waals surface area contributed by atoms with Crippen LogP contribution in [0.3, 0.4) is 0 Å². The number of ether oxygens (including phenoxy) is 2. The molecule has 9 nitrogen and oxygen atoms in total. The van der Waals surface area contributed by atoms with Crippen LogP contribution in [0.4, 0.5) is 5.69 Å². The quantitative estimate of drug-likeness (QED) is 0.351. The van der Waals surface area contributed by atoms with E-state index in [4.69, 9.17) is 21.1 Å². The van der Waals surface area contributed by atoms with Crippen LogP contribution in [-0.2, 0) is 26.1 Å². The summed E-state index contributed by atoms with van der Waals surface area (Å²) in [4.78, 5) is 28.2. The molecule has 0 aliphatic rings. The van der Waals surface area contributed by atoms with Crippen LogP contribution in [0.15, 0.2) is 71.8 Å². The van der Waals surface area contributed by atoms with Gasteiger partial charge < -0.3 is 14.8 Å². The lowest BCUT2D eigenvalue weighted by molar-refractivity contribution is -0.119. The zero-order valence-electron chi connectivity index (χ0n) is 18.4. The number of rotatable bonds is 9. The first-order chi connectivity index (χ1) is 16.2. The Morgan fingerprint density at radius 3 is 2.50 bits per heavy atom. The second-order valence-corrected chi connectivity index (χ2v) is 9.45. The van der Waals surface area contributed by atoms with Gasteiger partial charge >= 0.3 is 5.97 Å². The summed E-state index contributed by atoms with van der Waals surface area (Å²) < 4.78 is 37.8. The smallest absolute Gasteiger partial charge is 0.338 e. The first-order valence-corrected chi connectivity index (χ1v) is 11.8. The SMILES string of the molecule is COc1ccc(C(=O)OCC(=O)Nc2cccnc2Cl)cc1S(=O)(=O)N(C)Cc1ccccc1. The Hall–Kier alpha value is -3.47. The Balaban J connectivity index is 1.74. The van der Waals surface area contributed by atoms with Gasteiger partial charge in [0.05, 0.1) is 18.4 Å². The fourth-order valence-corrected chi connectivity index (χ4v) is 4.48. The minimum absolute atomic E-state index is 0.0558. The van der Waals surface area contributed by atoms with Crippen LogP contribution in [-0.4, -0.2) is 50.3 Å². The Kier molecular flexibility index (Phi) is 8.21. The summed E-state index contributed by atoms with van der Waals surface area (Å²) in [6.45, 7) is -0.482. The predicted molar refractivity (Wildman–Crippen MR) is 126 cm³/mol. The van der Waals surface area contributed by atoms with Crippen molar-refractivity contribution in [2.75, 3.05) is 26.1 Å². The van der Waals surface area contributed by atoms with Gasteiger partial charge in [0.15, 0.2) is 11.8 Å². The largest absolute Gasteiger partial charge is 0.495 e. The molecule has 0 spiro atoms. The molecular weight excluding hydrogens is 482 g/mol. The molecule has 0 aliphatic heterocycles. The molecule has 0 saturated carbocycles. The van der Waals surface area contributed by atoms with Crippen molar-refractivity contribution in [2.45, 2.75) is 11.4 Å². The second-order valence-electron chi connectivity index (χ2n) is 7.08. The molecule has 1 aromatic heterocycles. The van der Waals surface area contributed by atoms with E-state index in [0.717, 1.165) is 15.9 Å². The van der Waals surface area contributed by atoms with Gasteiger partial charge in [-0.1, -0.05) is 41.9 Å². The van der Waals surface area contributed by atoms with Crippen molar-refractivity contribution in [1.82, 2.24) is 9.29 Å². The third kappa shape index (κ3) is 6.10. The maximum absolute atomic E-state index is 13.2. The van der Waals surface area contributed by atoms with Crippen LogP contribution in [0.1, 0.15) is 15.9 Å². The number of benzene rings is 2. The fourth-order valence-electron chi connectivity index (χ4n) is 2.98. The third-order valence-corrected chi connectivity index (χ3v) is 6.83. The number of carbonyl (C=O) groups is 2. The molecule has 0 fully saturated rings. The number of nitrogens with zero attached hydrogens (tertiary/aromatic N) is 2. The summed E-state index contributed by atoms with van der Waals surface area (Å²) in [5.41, 5.74) is 1.01. The normalized spacial score (nSPS) is 11.2. The Labute approximate surface area is 202 Å². The van der Waals surface area contributed by atoms with Gasteiger partial charge in [0.25, 0.3) is 5.91 Å². The first-order valence-electron chi connectivity index (χ1n) is 9.98. The predicted octanol–water partition coefficient (Wildman–Crippen LogP) is 3.36. The zero-order chi connectivity index (χ0) is 24.7. The molecule has 178 valence electrons. The van der Waals surface area contributed by atoms with Crippen LogP contribution in [0.2, 0.25) is 5.15 Å². The summed E-state index contributed by atoms with van der Waals surface area (Å²) in [7, 11) is -1.25. The van der Waals surface area contributed by atoms with Gasteiger partial charge in [-0.2, -0.15) is 4.31 Å². The second kappa shape index (κ2) is 11.1. The fraction of sp³-hybridized carbons (Fsp3) is 0.174. The minimum Gasteiger partial charge on any atom is -0.495 e. The number of pyridine rings is 1. The summed E-state index contributed by atoms with van der Waals surface area (Å²) >= 11 is 5.89. The molecule has 3 aromatic rings. The highest BCUT2D eigenvalue weighted by Gasteiger charge is 2.27. The van der Waals surface area contributed by atoms with E-state index >= 15 is 0 Å². The number of halogens is 1. The summed E-state index contributed by atoms with van der Waals surface area (Å²) in [5.74, 6) is -1.44. The molecule has 0 saturated heterocycles. The number of hydrogen-bond donors (Lipinski definition) is 1. The molecule has 1 N–H and O–H groups in total. The number of sulfonamides is 1. The van der Waals surface area contributed by atoms with Gasteiger partial charge in [-0.3, -0.25) is 4.79 Å². The van der Waals surface area contributed by atoms with Crippen molar-refractivity contribution in [3.63, 3.8) is 0 Å². The van der Waals surface area contributed by atoms with Crippen LogP contribution >= 0.6 is 11.6 Å². The molecule has 0 radical (unpaired) electrons. The van der Waals surface area contributed by atoms with Crippen molar-refractivity contribution >= 4 is 39.2 Å². The molecule has 0 aliphatic carbocycles. The highest BCUT2D eigenvalue weighted by atomic mass is 35.5. The van der Waals surface area contributed by atoms with Crippen molar-refractivity contribution in [1.29, 1.82) is 0 Å². The van der Waals surface area contributed by atoms with Gasteiger partial charge in [0.1, 0.15) is 10.6 Å². The standard InChI is InChI=1S/C23H22ClN3O6S/c1-27(14-16-7-4-3-5-8-16)34(30,31)20-13-17(10-11-19(20)32-2)23(29)33-15-21(28)26-18-9-6-12-25-22(18)24/h3-13H,14-15H2,1-2H3,(H,26,28). The number of carbonyl (C=O) groups excluding carboxylic acids is 2. The van der Waals surface area contributed by atoms with E-state index in [-0.39, 0.29) is 33.6 Å². The van der Waals surface area contributed by atoms with E-state index in [1.165, 1.54) is 32.5 Å². The van der Waals surface area contributed by atoms with Gasteiger partial charge in [0.2, 0.25) is 10.0 Å². The van der Waals surface area contributed by atoms with E-state index in [1.54, 1.807) is 24.3 Å². The van der Waals surface area contributed by atoms with Crippen LogP contribution in [0.5, 0.6) is 5.75 Å². The average Bonchev–Trinajstić information content (AvgIpc) is 2.84. The van der Waals surface area contributed by atoms with Crippen molar-refractivity contribution < 1.29 is 27.5 Å².